The van der Waals surface area contributed by atoms with Gasteiger partial charge in [0.15, 0.2) is 0 Å². The van der Waals surface area contributed by atoms with Crippen molar-refractivity contribution >= 4 is 5.91 Å². The number of benzene rings is 2. The second kappa shape index (κ2) is 9.47. The molecular weight excluding hydrogens is 307 g/mol. The molecule has 4 nitrogen and oxygen atoms in total. The summed E-state index contributed by atoms with van der Waals surface area (Å²) in [5.41, 5.74) is 6.92. The first kappa shape index (κ1) is 17.7. The Kier molecular flexibility index (Phi) is 6.98. The van der Waals surface area contributed by atoms with Crippen LogP contribution in [0.3, 0.4) is 0 Å². The second-order valence-electron chi connectivity index (χ2n) is 5.19. The Hall–Kier alpha value is -2.66. The first-order valence-corrected chi connectivity index (χ1v) is 7.78. The lowest BCUT2D eigenvalue weighted by Crippen LogP contribution is -2.25. The van der Waals surface area contributed by atoms with Crippen molar-refractivity contribution in [2.45, 2.75) is 6.42 Å². The van der Waals surface area contributed by atoms with Crippen LogP contribution in [0.25, 0.3) is 0 Å². The molecule has 0 aliphatic carbocycles. The predicted molar refractivity (Wildman–Crippen MR) is 92.7 cm³/mol. The summed E-state index contributed by atoms with van der Waals surface area (Å²) < 4.78 is 18.4. The molecule has 0 saturated heterocycles. The second-order valence-corrected chi connectivity index (χ2v) is 5.19. The maximum atomic E-state index is 13.2. The lowest BCUT2D eigenvalue weighted by atomic mass is 10.1. The zero-order valence-electron chi connectivity index (χ0n) is 13.4. The summed E-state index contributed by atoms with van der Waals surface area (Å²) in [7, 11) is 0. The molecule has 126 valence electrons. The van der Waals surface area contributed by atoms with Gasteiger partial charge in [-0.2, -0.15) is 0 Å². The quantitative estimate of drug-likeness (QED) is 0.783. The minimum atomic E-state index is -0.416. The molecule has 2 rings (SSSR count). The van der Waals surface area contributed by atoms with Gasteiger partial charge in [-0.1, -0.05) is 30.3 Å². The minimum absolute atomic E-state index is 0.136. The Balaban J connectivity index is 1.79. The SMILES string of the molecule is NCC=C(F)COc1ccc(C(=O)NCCc2ccccc2)cc1. The average molecular weight is 328 g/mol. The Bertz CT molecular complexity index is 670. The van der Waals surface area contributed by atoms with Crippen molar-refractivity contribution in [2.75, 3.05) is 19.7 Å². The van der Waals surface area contributed by atoms with Gasteiger partial charge in [-0.25, -0.2) is 4.39 Å². The lowest BCUT2D eigenvalue weighted by molar-refractivity contribution is 0.0954. The van der Waals surface area contributed by atoms with E-state index in [2.05, 4.69) is 5.32 Å². The first-order valence-electron chi connectivity index (χ1n) is 7.78. The Morgan fingerprint density at radius 1 is 1.12 bits per heavy atom. The highest BCUT2D eigenvalue weighted by atomic mass is 19.1. The molecule has 5 heteroatoms. The smallest absolute Gasteiger partial charge is 0.251 e. The number of nitrogens with one attached hydrogen (secondary N) is 1. The van der Waals surface area contributed by atoms with Gasteiger partial charge in [-0.15, -0.1) is 0 Å². The Morgan fingerprint density at radius 2 is 1.83 bits per heavy atom. The molecule has 0 spiro atoms. The fourth-order valence-corrected chi connectivity index (χ4v) is 2.11. The maximum Gasteiger partial charge on any atom is 0.251 e. The van der Waals surface area contributed by atoms with Crippen LogP contribution in [0.5, 0.6) is 5.75 Å². The van der Waals surface area contributed by atoms with Gasteiger partial charge < -0.3 is 15.8 Å². The van der Waals surface area contributed by atoms with E-state index in [-0.39, 0.29) is 19.1 Å². The number of nitrogens with two attached hydrogens (primary N) is 1. The van der Waals surface area contributed by atoms with Crippen LogP contribution in [0, 0.1) is 0 Å². The van der Waals surface area contributed by atoms with E-state index >= 15 is 0 Å². The number of rotatable bonds is 8. The molecule has 0 atom stereocenters. The van der Waals surface area contributed by atoms with E-state index in [1.165, 1.54) is 11.6 Å². The van der Waals surface area contributed by atoms with Crippen LogP contribution in [0.2, 0.25) is 0 Å². The van der Waals surface area contributed by atoms with Gasteiger partial charge in [-0.05, 0) is 42.3 Å². The highest BCUT2D eigenvalue weighted by Crippen LogP contribution is 2.13. The molecule has 0 unspecified atom stereocenters. The number of halogens is 1. The fourth-order valence-electron chi connectivity index (χ4n) is 2.11. The molecule has 0 bridgehead atoms. The highest BCUT2D eigenvalue weighted by Gasteiger charge is 2.05. The van der Waals surface area contributed by atoms with Crippen LogP contribution in [0.1, 0.15) is 15.9 Å². The lowest BCUT2D eigenvalue weighted by Gasteiger charge is -2.07. The van der Waals surface area contributed by atoms with E-state index < -0.39 is 5.83 Å². The summed E-state index contributed by atoms with van der Waals surface area (Å²) in [6.45, 7) is 0.535. The van der Waals surface area contributed by atoms with E-state index in [0.717, 1.165) is 6.42 Å². The van der Waals surface area contributed by atoms with Crippen molar-refractivity contribution in [1.82, 2.24) is 5.32 Å². The molecule has 0 aliphatic heterocycles. The first-order chi connectivity index (χ1) is 11.7. The molecule has 2 aromatic rings. The van der Waals surface area contributed by atoms with Gasteiger partial charge in [0.2, 0.25) is 0 Å². The van der Waals surface area contributed by atoms with Crippen LogP contribution >= 0.6 is 0 Å². The molecule has 0 radical (unpaired) electrons. The zero-order chi connectivity index (χ0) is 17.2. The topological polar surface area (TPSA) is 64.3 Å². The zero-order valence-corrected chi connectivity index (χ0v) is 13.4. The molecule has 0 fully saturated rings. The molecule has 0 aliphatic rings. The van der Waals surface area contributed by atoms with Crippen LogP contribution in [-0.2, 0) is 6.42 Å². The van der Waals surface area contributed by atoms with Gasteiger partial charge in [0.25, 0.3) is 5.91 Å². The van der Waals surface area contributed by atoms with E-state index in [4.69, 9.17) is 10.5 Å². The van der Waals surface area contributed by atoms with Crippen molar-refractivity contribution in [2.24, 2.45) is 5.73 Å². The third-order valence-electron chi connectivity index (χ3n) is 3.37. The minimum Gasteiger partial charge on any atom is -0.487 e. The molecule has 2 aromatic carbocycles. The normalized spacial score (nSPS) is 11.2. The fraction of sp³-hybridized carbons (Fsp3) is 0.211. The Labute approximate surface area is 141 Å². The summed E-state index contributed by atoms with van der Waals surface area (Å²) in [6.07, 6.45) is 2.04. The highest BCUT2D eigenvalue weighted by molar-refractivity contribution is 5.94. The molecule has 3 N–H and O–H groups in total. The van der Waals surface area contributed by atoms with Crippen molar-refractivity contribution in [3.05, 3.63) is 77.6 Å². The van der Waals surface area contributed by atoms with Gasteiger partial charge in [0.05, 0.1) is 0 Å². The van der Waals surface area contributed by atoms with Crippen LogP contribution in [-0.4, -0.2) is 25.6 Å². The van der Waals surface area contributed by atoms with Crippen molar-refractivity contribution in [3.8, 4) is 5.75 Å². The number of carbonyl (C=O) groups is 1. The van der Waals surface area contributed by atoms with Crippen molar-refractivity contribution in [1.29, 1.82) is 0 Å². The largest absolute Gasteiger partial charge is 0.487 e. The molecule has 1 amide bonds. The predicted octanol–water partition coefficient (Wildman–Crippen LogP) is 2.85. The van der Waals surface area contributed by atoms with Gasteiger partial charge in [-0.3, -0.25) is 4.79 Å². The monoisotopic (exact) mass is 328 g/mol. The third kappa shape index (κ3) is 5.85. The number of ether oxygens (including phenoxy) is 1. The Morgan fingerprint density at radius 3 is 2.50 bits per heavy atom. The molecular formula is C19H21FN2O2. The van der Waals surface area contributed by atoms with E-state index in [1.54, 1.807) is 24.3 Å². The number of hydrogen-bond acceptors (Lipinski definition) is 3. The van der Waals surface area contributed by atoms with Crippen LogP contribution < -0.4 is 15.8 Å². The molecule has 0 saturated carbocycles. The number of hydrogen-bond donors (Lipinski definition) is 2. The van der Waals surface area contributed by atoms with Gasteiger partial charge in [0.1, 0.15) is 18.2 Å². The van der Waals surface area contributed by atoms with Gasteiger partial charge in [0, 0.05) is 18.7 Å². The van der Waals surface area contributed by atoms with Crippen LogP contribution in [0.4, 0.5) is 4.39 Å². The third-order valence-corrected chi connectivity index (χ3v) is 3.37. The molecule has 0 aromatic heterocycles. The standard InChI is InChI=1S/C19H21FN2O2/c20-17(10-12-21)14-24-18-8-6-16(7-9-18)19(23)22-13-11-15-4-2-1-3-5-15/h1-10H,11-14,21H2,(H,22,23). The molecule has 0 heterocycles. The summed E-state index contributed by atoms with van der Waals surface area (Å²) >= 11 is 0. The van der Waals surface area contributed by atoms with E-state index in [0.29, 0.717) is 17.9 Å². The average Bonchev–Trinajstić information content (AvgIpc) is 2.61. The number of amides is 1. The van der Waals surface area contributed by atoms with Crippen molar-refractivity contribution in [3.63, 3.8) is 0 Å². The van der Waals surface area contributed by atoms with E-state index in [9.17, 15) is 9.18 Å². The summed E-state index contributed by atoms with van der Waals surface area (Å²) in [5.74, 6) is -0.0664. The van der Waals surface area contributed by atoms with E-state index in [1.807, 2.05) is 30.3 Å². The number of carbonyl (C=O) groups excluding carboxylic acids is 1. The van der Waals surface area contributed by atoms with Crippen molar-refractivity contribution < 1.29 is 13.9 Å². The summed E-state index contributed by atoms with van der Waals surface area (Å²) in [5, 5.41) is 2.87. The summed E-state index contributed by atoms with van der Waals surface area (Å²) in [4.78, 5) is 12.1. The summed E-state index contributed by atoms with van der Waals surface area (Å²) in [6, 6.07) is 16.5. The maximum absolute atomic E-state index is 13.2. The van der Waals surface area contributed by atoms with Gasteiger partial charge >= 0.3 is 0 Å². The molecule has 24 heavy (non-hydrogen) atoms. The van der Waals surface area contributed by atoms with Crippen LogP contribution in [0.15, 0.2) is 66.5 Å².